The molecule has 1 aromatic carbocycles. The second-order valence-electron chi connectivity index (χ2n) is 5.64. The minimum atomic E-state index is -0.907. The average Bonchev–Trinajstić information content (AvgIpc) is 2.50. The highest BCUT2D eigenvalue weighted by Crippen LogP contribution is 2.28. The maximum absolute atomic E-state index is 13.7. The Bertz CT molecular complexity index is 525. The number of amides is 2. The molecule has 0 aromatic heterocycles. The van der Waals surface area contributed by atoms with Gasteiger partial charge in [0.25, 0.3) is 0 Å². The molecule has 0 radical (unpaired) electrons. The Hall–Kier alpha value is -1.40. The van der Waals surface area contributed by atoms with E-state index in [1.165, 1.54) is 4.90 Å². The molecule has 7 heteroatoms. The second-order valence-corrected chi connectivity index (χ2v) is 6.08. The molecule has 1 saturated carbocycles. The molecule has 2 N–H and O–H groups in total. The van der Waals surface area contributed by atoms with Crippen LogP contribution in [0.15, 0.2) is 12.1 Å². The first-order valence-electron chi connectivity index (χ1n) is 7.21. The van der Waals surface area contributed by atoms with E-state index in [0.717, 1.165) is 37.8 Å². The molecule has 1 fully saturated rings. The van der Waals surface area contributed by atoms with Crippen molar-refractivity contribution < 1.29 is 18.7 Å². The van der Waals surface area contributed by atoms with E-state index in [4.69, 9.17) is 16.7 Å². The summed E-state index contributed by atoms with van der Waals surface area (Å²) in [7, 11) is 1.60. The average molecular weight is 333 g/mol. The molecule has 0 bridgehead atoms. The summed E-state index contributed by atoms with van der Waals surface area (Å²) in [5.41, 5.74) is -0.495. The first-order valence-corrected chi connectivity index (χ1v) is 7.59. The number of carbonyl (C=O) groups is 1. The number of rotatable bonds is 3. The number of carbonyl (C=O) groups excluding carboxylic acids is 1. The molecule has 0 heterocycles. The van der Waals surface area contributed by atoms with E-state index in [2.05, 4.69) is 5.32 Å². The third-order valence-electron chi connectivity index (χ3n) is 4.18. The van der Waals surface area contributed by atoms with Crippen molar-refractivity contribution in [2.45, 2.75) is 31.7 Å². The van der Waals surface area contributed by atoms with E-state index in [0.29, 0.717) is 0 Å². The van der Waals surface area contributed by atoms with Gasteiger partial charge < -0.3 is 15.3 Å². The van der Waals surface area contributed by atoms with Crippen LogP contribution in [0.5, 0.6) is 0 Å². The van der Waals surface area contributed by atoms with E-state index < -0.39 is 23.4 Å². The molecule has 0 aliphatic heterocycles. The molecule has 1 aliphatic carbocycles. The maximum Gasteiger partial charge on any atom is 0.321 e. The lowest BCUT2D eigenvalue weighted by Gasteiger charge is -2.34. The molecule has 4 nitrogen and oxygen atoms in total. The van der Waals surface area contributed by atoms with Crippen LogP contribution < -0.4 is 5.32 Å². The van der Waals surface area contributed by atoms with E-state index in [1.807, 2.05) is 0 Å². The number of nitrogens with one attached hydrogen (secondary N) is 1. The van der Waals surface area contributed by atoms with Crippen molar-refractivity contribution in [3.63, 3.8) is 0 Å². The quantitative estimate of drug-likeness (QED) is 0.888. The molecule has 1 aromatic rings. The number of hydrogen-bond donors (Lipinski definition) is 2. The maximum atomic E-state index is 13.7. The standard InChI is InChI=1S/C15H19ClF2N2O2/c1-20(11-4-2-9(8-21)3-5-11)15(22)19-14-12(17)6-10(16)7-13(14)18/h6-7,9,11,21H,2-5,8H2,1H3,(H,19,22). The Kier molecular flexibility index (Phi) is 5.58. The van der Waals surface area contributed by atoms with Crippen LogP contribution in [-0.2, 0) is 0 Å². The largest absolute Gasteiger partial charge is 0.396 e. The molecule has 0 spiro atoms. The molecule has 0 saturated heterocycles. The smallest absolute Gasteiger partial charge is 0.321 e. The van der Waals surface area contributed by atoms with Crippen molar-refractivity contribution in [3.05, 3.63) is 28.8 Å². The van der Waals surface area contributed by atoms with Crippen LogP contribution >= 0.6 is 11.6 Å². The zero-order valence-electron chi connectivity index (χ0n) is 12.3. The summed E-state index contributed by atoms with van der Waals surface area (Å²) in [4.78, 5) is 13.6. The molecule has 2 amide bonds. The third-order valence-corrected chi connectivity index (χ3v) is 4.40. The Morgan fingerprint density at radius 3 is 2.36 bits per heavy atom. The minimum Gasteiger partial charge on any atom is -0.396 e. The minimum absolute atomic E-state index is 0.00113. The summed E-state index contributed by atoms with van der Waals surface area (Å²) in [6.07, 6.45) is 3.20. The van der Waals surface area contributed by atoms with Crippen LogP contribution in [0.25, 0.3) is 0 Å². The third kappa shape index (κ3) is 3.87. The summed E-state index contributed by atoms with van der Waals surface area (Å²) in [6, 6.07) is 1.34. The van der Waals surface area contributed by atoms with Gasteiger partial charge in [-0.15, -0.1) is 0 Å². The number of aliphatic hydroxyl groups excluding tert-OH is 1. The lowest BCUT2D eigenvalue weighted by Crippen LogP contribution is -2.42. The van der Waals surface area contributed by atoms with E-state index in [1.54, 1.807) is 7.05 Å². The van der Waals surface area contributed by atoms with E-state index in [9.17, 15) is 13.6 Å². The second kappa shape index (κ2) is 7.24. The fraction of sp³-hybridized carbons (Fsp3) is 0.533. The van der Waals surface area contributed by atoms with Crippen LogP contribution in [0, 0.1) is 17.6 Å². The summed E-state index contributed by atoms with van der Waals surface area (Å²) >= 11 is 5.55. The predicted octanol–water partition coefficient (Wildman–Crippen LogP) is 3.63. The summed E-state index contributed by atoms with van der Waals surface area (Å²) in [5.74, 6) is -1.54. The number of halogens is 3. The lowest BCUT2D eigenvalue weighted by molar-refractivity contribution is 0.139. The Labute approximate surface area is 133 Å². The van der Waals surface area contributed by atoms with Gasteiger partial charge in [-0.3, -0.25) is 0 Å². The van der Waals surface area contributed by atoms with Crippen LogP contribution in [0.1, 0.15) is 25.7 Å². The van der Waals surface area contributed by atoms with Crippen LogP contribution in [0.3, 0.4) is 0 Å². The molecular weight excluding hydrogens is 314 g/mol. The fourth-order valence-electron chi connectivity index (χ4n) is 2.74. The molecule has 2 rings (SSSR count). The summed E-state index contributed by atoms with van der Waals surface area (Å²) in [5, 5.41) is 11.3. The first-order chi connectivity index (χ1) is 10.4. The van der Waals surface area contributed by atoms with Gasteiger partial charge >= 0.3 is 6.03 Å². The van der Waals surface area contributed by atoms with Gasteiger partial charge in [-0.25, -0.2) is 13.6 Å². The Morgan fingerprint density at radius 1 is 1.32 bits per heavy atom. The number of benzene rings is 1. The van der Waals surface area contributed by atoms with Gasteiger partial charge in [0.15, 0.2) is 11.6 Å². The lowest BCUT2D eigenvalue weighted by atomic mass is 9.86. The summed E-state index contributed by atoms with van der Waals surface area (Å²) < 4.78 is 27.4. The van der Waals surface area contributed by atoms with Crippen molar-refractivity contribution in [1.82, 2.24) is 4.90 Å². The van der Waals surface area contributed by atoms with Crippen molar-refractivity contribution in [1.29, 1.82) is 0 Å². The van der Waals surface area contributed by atoms with Crippen LogP contribution in [-0.4, -0.2) is 35.7 Å². The Morgan fingerprint density at radius 2 is 1.86 bits per heavy atom. The van der Waals surface area contributed by atoms with Gasteiger partial charge in [0.2, 0.25) is 0 Å². The van der Waals surface area contributed by atoms with Crippen molar-refractivity contribution in [2.24, 2.45) is 5.92 Å². The monoisotopic (exact) mass is 332 g/mol. The van der Waals surface area contributed by atoms with Crippen molar-refractivity contribution in [3.8, 4) is 0 Å². The molecule has 1 aliphatic rings. The molecule has 0 unspecified atom stereocenters. The fourth-order valence-corrected chi connectivity index (χ4v) is 2.93. The van der Waals surface area contributed by atoms with Gasteiger partial charge in [-0.2, -0.15) is 0 Å². The van der Waals surface area contributed by atoms with Gasteiger partial charge in [-0.1, -0.05) is 11.6 Å². The number of aliphatic hydroxyl groups is 1. The molecule has 0 atom stereocenters. The molecule has 122 valence electrons. The zero-order valence-corrected chi connectivity index (χ0v) is 13.0. The molecular formula is C15H19ClF2N2O2. The van der Waals surface area contributed by atoms with E-state index in [-0.39, 0.29) is 23.6 Å². The topological polar surface area (TPSA) is 52.6 Å². The Balaban J connectivity index is 2.00. The van der Waals surface area contributed by atoms with Gasteiger partial charge in [0.05, 0.1) is 0 Å². The van der Waals surface area contributed by atoms with Crippen LogP contribution in [0.2, 0.25) is 5.02 Å². The highest BCUT2D eigenvalue weighted by atomic mass is 35.5. The number of hydrogen-bond acceptors (Lipinski definition) is 2. The van der Waals surface area contributed by atoms with Gasteiger partial charge in [0.1, 0.15) is 5.69 Å². The SMILES string of the molecule is CN(C(=O)Nc1c(F)cc(Cl)cc1F)C1CCC(CO)CC1. The van der Waals surface area contributed by atoms with Crippen LogP contribution in [0.4, 0.5) is 19.3 Å². The predicted molar refractivity (Wildman–Crippen MR) is 81.0 cm³/mol. The normalized spacial score (nSPS) is 21.5. The van der Waals surface area contributed by atoms with E-state index >= 15 is 0 Å². The van der Waals surface area contributed by atoms with Gasteiger partial charge in [-0.05, 0) is 43.7 Å². The summed E-state index contributed by atoms with van der Waals surface area (Å²) in [6.45, 7) is 0.157. The number of urea groups is 1. The highest BCUT2D eigenvalue weighted by Gasteiger charge is 2.27. The van der Waals surface area contributed by atoms with Crippen molar-refractivity contribution in [2.75, 3.05) is 19.0 Å². The molecule has 22 heavy (non-hydrogen) atoms. The van der Waals surface area contributed by atoms with Crippen molar-refractivity contribution >= 4 is 23.3 Å². The number of nitrogens with zero attached hydrogens (tertiary/aromatic N) is 1. The number of anilines is 1. The zero-order chi connectivity index (χ0) is 16.3. The highest BCUT2D eigenvalue weighted by molar-refractivity contribution is 6.30. The van der Waals surface area contributed by atoms with Gasteiger partial charge in [0, 0.05) is 24.7 Å². The first kappa shape index (κ1) is 17.0.